The first-order valence-electron chi connectivity index (χ1n) is 7.99. The molecule has 0 spiro atoms. The molecule has 3 aromatic carbocycles. The first-order chi connectivity index (χ1) is 12.6. The number of hydrogen-bond acceptors (Lipinski definition) is 2. The normalized spacial score (nSPS) is 11.0. The fourth-order valence-corrected chi connectivity index (χ4v) is 2.73. The lowest BCUT2D eigenvalue weighted by Crippen LogP contribution is -1.94. The Morgan fingerprint density at radius 3 is 2.31 bits per heavy atom. The summed E-state index contributed by atoms with van der Waals surface area (Å²) in [4.78, 5) is 0. The molecule has 4 heteroatoms. The topological polar surface area (TPSA) is 33.0 Å². The van der Waals surface area contributed by atoms with Gasteiger partial charge in [-0.1, -0.05) is 59.6 Å². The van der Waals surface area contributed by atoms with Crippen molar-refractivity contribution in [2.45, 2.75) is 6.61 Å². The van der Waals surface area contributed by atoms with Gasteiger partial charge in [-0.15, -0.1) is 0 Å². The van der Waals surface area contributed by atoms with E-state index in [4.69, 9.17) is 27.9 Å². The molecule has 0 aromatic heterocycles. The van der Waals surface area contributed by atoms with E-state index >= 15 is 0 Å². The lowest BCUT2D eigenvalue weighted by atomic mass is 10.0. The highest BCUT2D eigenvalue weighted by Gasteiger charge is 2.03. The van der Waals surface area contributed by atoms with E-state index in [1.807, 2.05) is 66.7 Å². The molecule has 0 aliphatic rings. The van der Waals surface area contributed by atoms with E-state index in [2.05, 4.69) is 6.07 Å². The van der Waals surface area contributed by atoms with Gasteiger partial charge < -0.3 is 4.74 Å². The molecule has 0 N–H and O–H groups in total. The molecule has 3 rings (SSSR count). The van der Waals surface area contributed by atoms with Crippen molar-refractivity contribution in [1.82, 2.24) is 0 Å². The number of hydrogen-bond donors (Lipinski definition) is 0. The molecular formula is C22H15Cl2NO. The highest BCUT2D eigenvalue weighted by molar-refractivity contribution is 6.31. The van der Waals surface area contributed by atoms with Crippen LogP contribution in [-0.4, -0.2) is 0 Å². The molecule has 0 bridgehead atoms. The van der Waals surface area contributed by atoms with E-state index in [9.17, 15) is 5.26 Å². The first-order valence-corrected chi connectivity index (χ1v) is 8.75. The van der Waals surface area contributed by atoms with E-state index in [-0.39, 0.29) is 0 Å². The van der Waals surface area contributed by atoms with Crippen LogP contribution >= 0.6 is 23.2 Å². The van der Waals surface area contributed by atoms with Gasteiger partial charge in [-0.05, 0) is 59.2 Å². The van der Waals surface area contributed by atoms with Crippen LogP contribution < -0.4 is 4.74 Å². The zero-order chi connectivity index (χ0) is 18.4. The standard InChI is InChI=1S/C22H15Cl2NO/c23-20-8-4-17(5-9-20)15-26-22-10-6-16(7-11-22)12-19(14-25)18-2-1-3-21(24)13-18/h1-13H,15H2/b19-12-. The Hall–Kier alpha value is -2.73. The predicted octanol–water partition coefficient (Wildman–Crippen LogP) is 6.64. The Morgan fingerprint density at radius 1 is 0.923 bits per heavy atom. The van der Waals surface area contributed by atoms with E-state index in [1.54, 1.807) is 12.1 Å². The maximum absolute atomic E-state index is 9.42. The third kappa shape index (κ3) is 4.89. The second-order valence-electron chi connectivity index (χ2n) is 5.66. The molecule has 0 aliphatic heterocycles. The van der Waals surface area contributed by atoms with E-state index in [0.29, 0.717) is 22.2 Å². The van der Waals surface area contributed by atoms with Crippen LogP contribution in [0.3, 0.4) is 0 Å². The Balaban J connectivity index is 1.70. The zero-order valence-electron chi connectivity index (χ0n) is 13.8. The average molecular weight is 380 g/mol. The number of benzene rings is 3. The lowest BCUT2D eigenvalue weighted by molar-refractivity contribution is 0.306. The minimum Gasteiger partial charge on any atom is -0.489 e. The van der Waals surface area contributed by atoms with Crippen LogP contribution in [-0.2, 0) is 6.61 Å². The summed E-state index contributed by atoms with van der Waals surface area (Å²) >= 11 is 11.9. The Kier molecular flexibility index (Phi) is 5.96. The molecule has 0 saturated carbocycles. The number of nitrogens with zero attached hydrogens (tertiary/aromatic N) is 1. The highest BCUT2D eigenvalue weighted by Crippen LogP contribution is 2.22. The number of ether oxygens (including phenoxy) is 1. The minimum atomic E-state index is 0.471. The van der Waals surface area contributed by atoms with Crippen LogP contribution in [0.2, 0.25) is 10.0 Å². The van der Waals surface area contributed by atoms with Crippen molar-refractivity contribution in [2.75, 3.05) is 0 Å². The molecule has 0 atom stereocenters. The third-order valence-electron chi connectivity index (χ3n) is 3.77. The van der Waals surface area contributed by atoms with Crippen molar-refractivity contribution in [3.8, 4) is 11.8 Å². The summed E-state index contributed by atoms with van der Waals surface area (Å²) in [5.41, 5.74) is 3.32. The Bertz CT molecular complexity index is 955. The van der Waals surface area contributed by atoms with Crippen molar-refractivity contribution in [2.24, 2.45) is 0 Å². The zero-order valence-corrected chi connectivity index (χ0v) is 15.3. The summed E-state index contributed by atoms with van der Waals surface area (Å²) in [6, 6.07) is 24.6. The molecule has 3 aromatic rings. The Labute approximate surface area is 162 Å². The fraction of sp³-hybridized carbons (Fsp3) is 0.0455. The van der Waals surface area contributed by atoms with Gasteiger partial charge in [-0.2, -0.15) is 5.26 Å². The summed E-state index contributed by atoms with van der Waals surface area (Å²) in [7, 11) is 0. The Morgan fingerprint density at radius 2 is 1.65 bits per heavy atom. The molecule has 0 unspecified atom stereocenters. The van der Waals surface area contributed by atoms with Gasteiger partial charge in [0.1, 0.15) is 12.4 Å². The lowest BCUT2D eigenvalue weighted by Gasteiger charge is -2.07. The van der Waals surface area contributed by atoms with E-state index < -0.39 is 0 Å². The van der Waals surface area contributed by atoms with Gasteiger partial charge in [0.25, 0.3) is 0 Å². The van der Waals surface area contributed by atoms with Crippen LogP contribution in [0, 0.1) is 11.3 Å². The molecular weight excluding hydrogens is 365 g/mol. The molecule has 128 valence electrons. The molecule has 0 radical (unpaired) electrons. The molecule has 0 aliphatic carbocycles. The van der Waals surface area contributed by atoms with Crippen molar-refractivity contribution < 1.29 is 4.74 Å². The van der Waals surface area contributed by atoms with Gasteiger partial charge in [0.15, 0.2) is 0 Å². The van der Waals surface area contributed by atoms with Crippen molar-refractivity contribution in [3.05, 3.63) is 99.5 Å². The largest absolute Gasteiger partial charge is 0.489 e. The number of allylic oxidation sites excluding steroid dienone is 1. The minimum absolute atomic E-state index is 0.471. The predicted molar refractivity (Wildman–Crippen MR) is 107 cm³/mol. The third-order valence-corrected chi connectivity index (χ3v) is 4.25. The van der Waals surface area contributed by atoms with Gasteiger partial charge in [0.05, 0.1) is 11.6 Å². The van der Waals surface area contributed by atoms with Crippen molar-refractivity contribution >= 4 is 34.9 Å². The monoisotopic (exact) mass is 379 g/mol. The van der Waals surface area contributed by atoms with Gasteiger partial charge in [-0.25, -0.2) is 0 Å². The van der Waals surface area contributed by atoms with Crippen LogP contribution in [0.4, 0.5) is 0 Å². The quantitative estimate of drug-likeness (QED) is 0.367. The van der Waals surface area contributed by atoms with Gasteiger partial charge in [0, 0.05) is 10.0 Å². The van der Waals surface area contributed by atoms with Gasteiger partial charge in [0.2, 0.25) is 0 Å². The van der Waals surface area contributed by atoms with Crippen molar-refractivity contribution in [3.63, 3.8) is 0 Å². The van der Waals surface area contributed by atoms with E-state index in [0.717, 1.165) is 22.4 Å². The second kappa shape index (κ2) is 8.58. The molecule has 0 amide bonds. The van der Waals surface area contributed by atoms with Crippen molar-refractivity contribution in [1.29, 1.82) is 5.26 Å². The van der Waals surface area contributed by atoms with Crippen LogP contribution in [0.25, 0.3) is 11.6 Å². The van der Waals surface area contributed by atoms with Crippen LogP contribution in [0.1, 0.15) is 16.7 Å². The van der Waals surface area contributed by atoms with Gasteiger partial charge >= 0.3 is 0 Å². The van der Waals surface area contributed by atoms with Crippen LogP contribution in [0.15, 0.2) is 72.8 Å². The molecule has 2 nitrogen and oxygen atoms in total. The number of halogens is 2. The number of nitriles is 1. The maximum Gasteiger partial charge on any atom is 0.119 e. The molecule has 0 fully saturated rings. The number of rotatable bonds is 5. The average Bonchev–Trinajstić information content (AvgIpc) is 2.66. The SMILES string of the molecule is N#C/C(=C/c1ccc(OCc2ccc(Cl)cc2)cc1)c1cccc(Cl)c1. The molecule has 0 heterocycles. The molecule has 26 heavy (non-hydrogen) atoms. The fourth-order valence-electron chi connectivity index (χ4n) is 2.41. The highest BCUT2D eigenvalue weighted by atomic mass is 35.5. The summed E-state index contributed by atoms with van der Waals surface area (Å²) in [5, 5.41) is 10.7. The second-order valence-corrected chi connectivity index (χ2v) is 6.54. The van der Waals surface area contributed by atoms with E-state index in [1.165, 1.54) is 0 Å². The van der Waals surface area contributed by atoms with Crippen LogP contribution in [0.5, 0.6) is 5.75 Å². The maximum atomic E-state index is 9.42. The first kappa shape index (κ1) is 18.1. The summed E-state index contributed by atoms with van der Waals surface area (Å²) in [5.74, 6) is 0.762. The smallest absolute Gasteiger partial charge is 0.119 e. The summed E-state index contributed by atoms with van der Waals surface area (Å²) < 4.78 is 5.77. The van der Waals surface area contributed by atoms with Gasteiger partial charge in [-0.3, -0.25) is 0 Å². The summed E-state index contributed by atoms with van der Waals surface area (Å²) in [6.45, 7) is 0.471. The summed E-state index contributed by atoms with van der Waals surface area (Å²) in [6.07, 6.45) is 1.83. The molecule has 0 saturated heterocycles.